The number of amides is 2. The summed E-state index contributed by atoms with van der Waals surface area (Å²) in [5.74, 6) is 0.428. The number of anilines is 1. The quantitative estimate of drug-likeness (QED) is 0.504. The zero-order valence-corrected chi connectivity index (χ0v) is 20.4. The Balaban J connectivity index is 2.55. The zero-order chi connectivity index (χ0) is 23.7. The number of para-hydroxylation sites is 1. The number of methoxy groups -OCH3 is 2. The van der Waals surface area contributed by atoms with Crippen molar-refractivity contribution in [3.63, 3.8) is 0 Å². The number of hydrogen-bond acceptors (Lipinski definition) is 5. The van der Waals surface area contributed by atoms with E-state index in [-0.39, 0.29) is 24.3 Å². The highest BCUT2D eigenvalue weighted by Crippen LogP contribution is 2.32. The average Bonchev–Trinajstić information content (AvgIpc) is 2.78. The molecule has 2 aromatic rings. The second-order valence-corrected chi connectivity index (χ2v) is 9.11. The van der Waals surface area contributed by atoms with Gasteiger partial charge in [0.05, 0.1) is 13.7 Å². The molecule has 0 aliphatic heterocycles. The van der Waals surface area contributed by atoms with Crippen molar-refractivity contribution in [3.8, 4) is 5.75 Å². The van der Waals surface area contributed by atoms with Crippen molar-refractivity contribution in [3.05, 3.63) is 60.2 Å². The van der Waals surface area contributed by atoms with Gasteiger partial charge in [0.1, 0.15) is 16.5 Å². The van der Waals surface area contributed by atoms with Crippen molar-refractivity contribution in [1.29, 1.82) is 0 Å². The second kappa shape index (κ2) is 11.9. The van der Waals surface area contributed by atoms with Crippen LogP contribution in [0.15, 0.2) is 54.6 Å². The van der Waals surface area contributed by atoms with Crippen molar-refractivity contribution in [2.75, 3.05) is 32.8 Å². The maximum atomic E-state index is 14.0. The Labute approximate surface area is 196 Å². The van der Waals surface area contributed by atoms with E-state index in [4.69, 9.17) is 22.1 Å². The van der Waals surface area contributed by atoms with E-state index in [1.54, 1.807) is 26.2 Å². The third-order valence-electron chi connectivity index (χ3n) is 5.23. The van der Waals surface area contributed by atoms with Crippen LogP contribution < -0.4 is 15.0 Å². The largest absolute Gasteiger partial charge is 0.497 e. The summed E-state index contributed by atoms with van der Waals surface area (Å²) >= 11 is 4.80. The lowest BCUT2D eigenvalue weighted by atomic mass is 9.93. The highest BCUT2D eigenvalue weighted by Gasteiger charge is 2.43. The summed E-state index contributed by atoms with van der Waals surface area (Å²) in [5.41, 5.74) is 1.55. The van der Waals surface area contributed by atoms with Gasteiger partial charge >= 0.3 is 0 Å². The fourth-order valence-corrected chi connectivity index (χ4v) is 4.43. The third-order valence-corrected chi connectivity index (χ3v) is 5.73. The number of carbonyl (C=O) groups is 2. The van der Waals surface area contributed by atoms with Crippen LogP contribution in [-0.2, 0) is 20.7 Å². The summed E-state index contributed by atoms with van der Waals surface area (Å²) in [7, 11) is 4.74. The molecule has 0 spiro atoms. The van der Waals surface area contributed by atoms with Crippen LogP contribution in [0.2, 0.25) is 0 Å². The van der Waals surface area contributed by atoms with E-state index in [0.717, 1.165) is 11.3 Å². The number of likely N-dealkylation sites (N-methyl/N-ethyl adjacent to an activating group) is 1. The number of thiol groups is 1. The summed E-state index contributed by atoms with van der Waals surface area (Å²) in [6.45, 7) is 4.21. The van der Waals surface area contributed by atoms with Gasteiger partial charge in [0.25, 0.3) is 0 Å². The van der Waals surface area contributed by atoms with Crippen molar-refractivity contribution in [1.82, 2.24) is 5.32 Å². The first-order valence-corrected chi connectivity index (χ1v) is 11.1. The van der Waals surface area contributed by atoms with Gasteiger partial charge in [-0.1, -0.05) is 44.2 Å². The molecule has 1 N–H and O–H groups in total. The Morgan fingerprint density at radius 2 is 1.69 bits per heavy atom. The van der Waals surface area contributed by atoms with Crippen LogP contribution in [0.5, 0.6) is 5.75 Å². The van der Waals surface area contributed by atoms with E-state index in [1.807, 2.05) is 68.4 Å². The van der Waals surface area contributed by atoms with E-state index in [2.05, 4.69) is 5.32 Å². The molecule has 2 atom stereocenters. The molecule has 2 aromatic carbocycles. The lowest BCUT2D eigenvalue weighted by Gasteiger charge is -2.38. The first-order valence-electron chi connectivity index (χ1n) is 10.7. The molecule has 32 heavy (non-hydrogen) atoms. The van der Waals surface area contributed by atoms with Gasteiger partial charge in [-0.05, 0) is 42.2 Å². The predicted octanol–water partition coefficient (Wildman–Crippen LogP) is 3.75. The van der Waals surface area contributed by atoms with Gasteiger partial charge in [0.2, 0.25) is 11.8 Å². The van der Waals surface area contributed by atoms with Crippen LogP contribution in [0.1, 0.15) is 25.8 Å². The fraction of sp³-hybridized carbons (Fsp3) is 0.440. The smallest absolute Gasteiger partial charge is 0.246 e. The van der Waals surface area contributed by atoms with Gasteiger partial charge < -0.3 is 14.8 Å². The molecule has 0 bridgehead atoms. The second-order valence-electron chi connectivity index (χ2n) is 8.26. The normalized spacial score (nSPS) is 13.8. The summed E-state index contributed by atoms with van der Waals surface area (Å²) in [4.78, 5) is 28.7. The Kier molecular flexibility index (Phi) is 9.60. The molecule has 1 unspecified atom stereocenters. The van der Waals surface area contributed by atoms with E-state index >= 15 is 0 Å². The number of nitrogens with zero attached hydrogens (tertiary/aromatic N) is 1. The molecule has 7 heteroatoms. The fourth-order valence-electron chi connectivity index (χ4n) is 3.83. The number of ether oxygens (including phenoxy) is 2. The lowest BCUT2D eigenvalue weighted by molar-refractivity contribution is -0.128. The van der Waals surface area contributed by atoms with Crippen molar-refractivity contribution >= 4 is 30.1 Å². The number of hydrogen-bond donors (Lipinski definition) is 2. The van der Waals surface area contributed by atoms with Crippen LogP contribution in [0.3, 0.4) is 0 Å². The van der Waals surface area contributed by atoms with Gasteiger partial charge in [-0.25, -0.2) is 0 Å². The summed E-state index contributed by atoms with van der Waals surface area (Å²) in [6.07, 6.45) is 0.845. The highest BCUT2D eigenvalue weighted by molar-refractivity contribution is 7.82. The molecule has 0 saturated heterocycles. The molecular formula is C25H34N2O4S. The number of rotatable bonds is 11. The molecule has 0 fully saturated rings. The number of carbonyl (C=O) groups excluding carboxylic acids is 2. The first kappa shape index (κ1) is 25.7. The Morgan fingerprint density at radius 1 is 1.06 bits per heavy atom. The zero-order valence-electron chi connectivity index (χ0n) is 19.5. The van der Waals surface area contributed by atoms with E-state index < -0.39 is 10.8 Å². The monoisotopic (exact) mass is 458 g/mol. The van der Waals surface area contributed by atoms with Crippen LogP contribution in [0, 0.1) is 5.92 Å². The standard InChI is InChI=1S/C25H34N2O4S/c1-18(2)16-25(32,17-30-4)24(29)27(20-9-7-6-8-10-20)22(23(28)26-3)15-19-11-13-21(31-5)14-12-19/h6-14,18,22,32H,15-17H2,1-5H3,(H,26,28)/t22-,25?/m0/s1. The van der Waals surface area contributed by atoms with Crippen LogP contribution in [-0.4, -0.2) is 50.5 Å². The molecular weight excluding hydrogens is 424 g/mol. The van der Waals surface area contributed by atoms with Crippen LogP contribution >= 0.6 is 12.6 Å². The summed E-state index contributed by atoms with van der Waals surface area (Å²) < 4.78 is 9.55. The number of nitrogens with one attached hydrogen (secondary N) is 1. The van der Waals surface area contributed by atoms with Crippen molar-refractivity contribution < 1.29 is 19.1 Å². The maximum absolute atomic E-state index is 14.0. The first-order chi connectivity index (χ1) is 15.3. The third kappa shape index (κ3) is 6.50. The maximum Gasteiger partial charge on any atom is 0.246 e. The molecule has 2 amide bonds. The van der Waals surface area contributed by atoms with Gasteiger partial charge in [-0.2, -0.15) is 12.6 Å². The van der Waals surface area contributed by atoms with Crippen molar-refractivity contribution in [2.24, 2.45) is 5.92 Å². The van der Waals surface area contributed by atoms with Gasteiger partial charge in [0, 0.05) is 26.3 Å². The minimum atomic E-state index is -1.08. The Bertz CT molecular complexity index is 873. The molecule has 0 saturated carbocycles. The Hall–Kier alpha value is -2.51. The molecule has 0 heterocycles. The summed E-state index contributed by atoms with van der Waals surface area (Å²) in [5, 5.41) is 2.72. The van der Waals surface area contributed by atoms with Crippen LogP contribution in [0.4, 0.5) is 5.69 Å². The van der Waals surface area contributed by atoms with Gasteiger partial charge in [-0.3, -0.25) is 14.5 Å². The van der Waals surface area contributed by atoms with E-state index in [9.17, 15) is 9.59 Å². The van der Waals surface area contributed by atoms with Crippen LogP contribution in [0.25, 0.3) is 0 Å². The number of benzene rings is 2. The van der Waals surface area contributed by atoms with Gasteiger partial charge in [0.15, 0.2) is 0 Å². The van der Waals surface area contributed by atoms with E-state index in [1.165, 1.54) is 0 Å². The summed E-state index contributed by atoms with van der Waals surface area (Å²) in [6, 6.07) is 16.0. The highest BCUT2D eigenvalue weighted by atomic mass is 32.1. The molecule has 0 radical (unpaired) electrons. The Morgan fingerprint density at radius 3 is 2.19 bits per heavy atom. The molecule has 0 aliphatic rings. The molecule has 2 rings (SSSR count). The lowest BCUT2D eigenvalue weighted by Crippen LogP contribution is -2.57. The minimum absolute atomic E-state index is 0.138. The van der Waals surface area contributed by atoms with Crippen molar-refractivity contribution in [2.45, 2.75) is 37.5 Å². The predicted molar refractivity (Wildman–Crippen MR) is 132 cm³/mol. The SMILES string of the molecule is CNC(=O)[C@H](Cc1ccc(OC)cc1)N(C(=O)C(S)(COC)CC(C)C)c1ccccc1. The molecule has 174 valence electrons. The topological polar surface area (TPSA) is 67.9 Å². The molecule has 0 aromatic heterocycles. The molecule has 0 aliphatic carbocycles. The molecule has 6 nitrogen and oxygen atoms in total. The van der Waals surface area contributed by atoms with E-state index in [0.29, 0.717) is 18.5 Å². The average molecular weight is 459 g/mol. The minimum Gasteiger partial charge on any atom is -0.497 e. The van der Waals surface area contributed by atoms with Gasteiger partial charge in [-0.15, -0.1) is 0 Å².